The van der Waals surface area contributed by atoms with E-state index in [-0.39, 0.29) is 0 Å². The summed E-state index contributed by atoms with van der Waals surface area (Å²) < 4.78 is 11.4. The van der Waals surface area contributed by atoms with Crippen molar-refractivity contribution in [3.8, 4) is 0 Å². The van der Waals surface area contributed by atoms with E-state index in [1.165, 1.54) is 6.42 Å². The number of hydrogen-bond donors (Lipinski definition) is 1. The van der Waals surface area contributed by atoms with Gasteiger partial charge < -0.3 is 14.8 Å². The minimum absolute atomic E-state index is 0.320. The predicted molar refractivity (Wildman–Crippen MR) is 72.9 cm³/mol. The summed E-state index contributed by atoms with van der Waals surface area (Å²) in [5, 5.41) is 3.51. The Bertz CT molecular complexity index is 242. The normalized spacial score (nSPS) is 34.7. The molecule has 2 fully saturated rings. The molecule has 2 saturated heterocycles. The van der Waals surface area contributed by atoms with Crippen LogP contribution in [0.25, 0.3) is 0 Å². The van der Waals surface area contributed by atoms with E-state index >= 15 is 0 Å². The fraction of sp³-hybridized carbons (Fsp3) is 1.00. The first-order chi connectivity index (χ1) is 8.74. The van der Waals surface area contributed by atoms with Crippen molar-refractivity contribution >= 4 is 0 Å². The van der Waals surface area contributed by atoms with Gasteiger partial charge in [-0.25, -0.2) is 0 Å². The predicted octanol–water partition coefficient (Wildman–Crippen LogP) is 1.11. The molecule has 2 rings (SSSR count). The van der Waals surface area contributed by atoms with Gasteiger partial charge in [0, 0.05) is 44.8 Å². The van der Waals surface area contributed by atoms with E-state index in [9.17, 15) is 0 Å². The van der Waals surface area contributed by atoms with E-state index in [0.29, 0.717) is 11.5 Å². The molecule has 4 heteroatoms. The van der Waals surface area contributed by atoms with Gasteiger partial charge in [0.1, 0.15) is 0 Å². The SMILES string of the molecule is CCNCC1(CN2CCCOC(C)C2)CCOC1. The second-order valence-electron chi connectivity index (χ2n) is 5.85. The molecule has 0 amide bonds. The Hall–Kier alpha value is -0.160. The molecule has 2 atom stereocenters. The van der Waals surface area contributed by atoms with Crippen LogP contribution in [0.5, 0.6) is 0 Å². The van der Waals surface area contributed by atoms with E-state index in [4.69, 9.17) is 9.47 Å². The molecule has 0 aliphatic carbocycles. The van der Waals surface area contributed by atoms with Gasteiger partial charge in [0.05, 0.1) is 12.7 Å². The summed E-state index contributed by atoms with van der Waals surface area (Å²) in [6.07, 6.45) is 2.71. The summed E-state index contributed by atoms with van der Waals surface area (Å²) >= 11 is 0. The van der Waals surface area contributed by atoms with Crippen LogP contribution in [0, 0.1) is 5.41 Å². The molecule has 0 aromatic heterocycles. The Labute approximate surface area is 111 Å². The number of nitrogens with one attached hydrogen (secondary N) is 1. The largest absolute Gasteiger partial charge is 0.381 e. The molecule has 0 saturated carbocycles. The fourth-order valence-electron chi connectivity index (χ4n) is 3.06. The highest BCUT2D eigenvalue weighted by Crippen LogP contribution is 2.29. The maximum atomic E-state index is 5.72. The van der Waals surface area contributed by atoms with Gasteiger partial charge in [0.15, 0.2) is 0 Å². The first-order valence-electron chi connectivity index (χ1n) is 7.36. The van der Waals surface area contributed by atoms with Crippen LogP contribution in [0.3, 0.4) is 0 Å². The van der Waals surface area contributed by atoms with E-state index in [1.54, 1.807) is 0 Å². The average Bonchev–Trinajstić information content (AvgIpc) is 2.71. The topological polar surface area (TPSA) is 33.7 Å². The average molecular weight is 256 g/mol. The molecule has 0 spiro atoms. The molecule has 18 heavy (non-hydrogen) atoms. The van der Waals surface area contributed by atoms with Gasteiger partial charge in [0.2, 0.25) is 0 Å². The van der Waals surface area contributed by atoms with Gasteiger partial charge in [-0.2, -0.15) is 0 Å². The third-order valence-corrected chi connectivity index (χ3v) is 4.03. The summed E-state index contributed by atoms with van der Waals surface area (Å²) in [5.41, 5.74) is 0.320. The van der Waals surface area contributed by atoms with Crippen molar-refractivity contribution in [2.24, 2.45) is 5.41 Å². The highest BCUT2D eigenvalue weighted by atomic mass is 16.5. The molecule has 2 unspecified atom stereocenters. The Morgan fingerprint density at radius 3 is 3.00 bits per heavy atom. The maximum Gasteiger partial charge on any atom is 0.0673 e. The van der Waals surface area contributed by atoms with E-state index in [0.717, 1.165) is 59.0 Å². The van der Waals surface area contributed by atoms with Gasteiger partial charge in [-0.3, -0.25) is 4.90 Å². The zero-order chi connectivity index (χ0) is 12.8. The second kappa shape index (κ2) is 6.85. The van der Waals surface area contributed by atoms with Crippen molar-refractivity contribution in [1.82, 2.24) is 10.2 Å². The number of ether oxygens (including phenoxy) is 2. The summed E-state index contributed by atoms with van der Waals surface area (Å²) in [5.74, 6) is 0. The van der Waals surface area contributed by atoms with Crippen LogP contribution in [0.4, 0.5) is 0 Å². The molecule has 0 aromatic rings. The molecule has 0 radical (unpaired) electrons. The van der Waals surface area contributed by atoms with Gasteiger partial charge in [-0.05, 0) is 26.3 Å². The monoisotopic (exact) mass is 256 g/mol. The number of nitrogens with zero attached hydrogens (tertiary/aromatic N) is 1. The van der Waals surface area contributed by atoms with Gasteiger partial charge >= 0.3 is 0 Å². The lowest BCUT2D eigenvalue weighted by molar-refractivity contribution is 0.0556. The van der Waals surface area contributed by atoms with Crippen LogP contribution in [0.15, 0.2) is 0 Å². The molecule has 106 valence electrons. The minimum atomic E-state index is 0.320. The van der Waals surface area contributed by atoms with Crippen molar-refractivity contribution in [3.05, 3.63) is 0 Å². The van der Waals surface area contributed by atoms with E-state index < -0.39 is 0 Å². The molecule has 0 aromatic carbocycles. The van der Waals surface area contributed by atoms with E-state index in [2.05, 4.69) is 24.1 Å². The third-order valence-electron chi connectivity index (χ3n) is 4.03. The van der Waals surface area contributed by atoms with Crippen LogP contribution in [0.2, 0.25) is 0 Å². The second-order valence-corrected chi connectivity index (χ2v) is 5.85. The standard InChI is InChI=1S/C14H28N2O2/c1-3-15-10-14(5-8-17-12-14)11-16-6-4-7-18-13(2)9-16/h13,15H,3-12H2,1-2H3. The summed E-state index contributed by atoms with van der Waals surface area (Å²) in [6.45, 7) is 12.6. The first kappa shape index (κ1) is 14.3. The zero-order valence-corrected chi connectivity index (χ0v) is 11.9. The van der Waals surface area contributed by atoms with Crippen molar-refractivity contribution in [2.45, 2.75) is 32.8 Å². The van der Waals surface area contributed by atoms with Crippen LogP contribution >= 0.6 is 0 Å². The van der Waals surface area contributed by atoms with Crippen LogP contribution in [0.1, 0.15) is 26.7 Å². The van der Waals surface area contributed by atoms with Crippen molar-refractivity contribution in [1.29, 1.82) is 0 Å². The molecule has 4 nitrogen and oxygen atoms in total. The zero-order valence-electron chi connectivity index (χ0n) is 11.9. The highest BCUT2D eigenvalue weighted by Gasteiger charge is 2.36. The molecule has 2 aliphatic rings. The molecule has 2 heterocycles. The Morgan fingerprint density at radius 1 is 1.39 bits per heavy atom. The molecular weight excluding hydrogens is 228 g/mol. The van der Waals surface area contributed by atoms with Crippen LogP contribution in [-0.4, -0.2) is 63.5 Å². The van der Waals surface area contributed by atoms with E-state index in [1.807, 2.05) is 0 Å². The highest BCUT2D eigenvalue weighted by molar-refractivity contribution is 4.89. The number of rotatable bonds is 5. The lowest BCUT2D eigenvalue weighted by atomic mass is 9.86. The van der Waals surface area contributed by atoms with Gasteiger partial charge in [-0.1, -0.05) is 6.92 Å². The molecule has 1 N–H and O–H groups in total. The van der Waals surface area contributed by atoms with Gasteiger partial charge in [0.25, 0.3) is 0 Å². The van der Waals surface area contributed by atoms with Crippen molar-refractivity contribution < 1.29 is 9.47 Å². The van der Waals surface area contributed by atoms with Crippen LogP contribution < -0.4 is 5.32 Å². The summed E-state index contributed by atoms with van der Waals surface area (Å²) in [4.78, 5) is 2.57. The van der Waals surface area contributed by atoms with Crippen molar-refractivity contribution in [2.75, 3.05) is 52.5 Å². The maximum absolute atomic E-state index is 5.72. The smallest absolute Gasteiger partial charge is 0.0673 e. The Balaban J connectivity index is 1.90. The quantitative estimate of drug-likeness (QED) is 0.799. The first-order valence-corrected chi connectivity index (χ1v) is 7.36. The molecule has 0 bridgehead atoms. The Kier molecular flexibility index (Phi) is 5.42. The molecular formula is C14H28N2O2. The summed E-state index contributed by atoms with van der Waals surface area (Å²) in [7, 11) is 0. The van der Waals surface area contributed by atoms with Crippen molar-refractivity contribution in [3.63, 3.8) is 0 Å². The number of hydrogen-bond acceptors (Lipinski definition) is 4. The lowest BCUT2D eigenvalue weighted by Crippen LogP contribution is -2.46. The summed E-state index contributed by atoms with van der Waals surface area (Å²) in [6, 6.07) is 0. The minimum Gasteiger partial charge on any atom is -0.381 e. The Morgan fingerprint density at radius 2 is 2.28 bits per heavy atom. The fourth-order valence-corrected chi connectivity index (χ4v) is 3.06. The lowest BCUT2D eigenvalue weighted by Gasteiger charge is -2.34. The molecule has 2 aliphatic heterocycles. The van der Waals surface area contributed by atoms with Crippen LogP contribution in [-0.2, 0) is 9.47 Å². The third kappa shape index (κ3) is 3.92. The van der Waals surface area contributed by atoms with Gasteiger partial charge in [-0.15, -0.1) is 0 Å².